The Bertz CT molecular complexity index is 555. The first-order valence-electron chi connectivity index (χ1n) is 4.51. The fourth-order valence-corrected chi connectivity index (χ4v) is 1.99. The number of anilines is 1. The molecule has 0 unspecified atom stereocenters. The van der Waals surface area contributed by atoms with Crippen molar-refractivity contribution in [3.05, 3.63) is 30.2 Å². The third-order valence-electron chi connectivity index (χ3n) is 1.90. The molecule has 0 saturated heterocycles. The lowest BCUT2D eigenvalue weighted by Gasteiger charge is -2.01. The van der Waals surface area contributed by atoms with Gasteiger partial charge in [-0.3, -0.25) is 4.68 Å². The van der Waals surface area contributed by atoms with Gasteiger partial charge in [0.25, 0.3) is 0 Å². The summed E-state index contributed by atoms with van der Waals surface area (Å²) in [4.78, 5) is 5.10. The van der Waals surface area contributed by atoms with Gasteiger partial charge in [0.05, 0.1) is 22.3 Å². The van der Waals surface area contributed by atoms with Gasteiger partial charge in [0.1, 0.15) is 11.1 Å². The van der Waals surface area contributed by atoms with E-state index >= 15 is 0 Å². The molecule has 16 heavy (non-hydrogen) atoms. The number of hydrogen-bond acceptors (Lipinski definition) is 5. The van der Waals surface area contributed by atoms with Crippen LogP contribution < -0.4 is 5.73 Å². The van der Waals surface area contributed by atoms with Crippen molar-refractivity contribution in [1.29, 1.82) is 5.26 Å². The van der Waals surface area contributed by atoms with Crippen molar-refractivity contribution in [2.24, 2.45) is 7.05 Å². The maximum atomic E-state index is 8.68. The zero-order chi connectivity index (χ0) is 11.5. The summed E-state index contributed by atoms with van der Waals surface area (Å²) in [6.07, 6.45) is 5.13. The second-order valence-electron chi connectivity index (χ2n) is 3.18. The van der Waals surface area contributed by atoms with Crippen molar-refractivity contribution in [3.8, 4) is 6.07 Å². The Morgan fingerprint density at radius 2 is 2.31 bits per heavy atom. The van der Waals surface area contributed by atoms with Crippen LogP contribution in [0, 0.1) is 11.3 Å². The summed E-state index contributed by atoms with van der Waals surface area (Å²) in [7, 11) is 1.85. The lowest BCUT2D eigenvalue weighted by Crippen LogP contribution is -1.92. The van der Waals surface area contributed by atoms with Gasteiger partial charge < -0.3 is 5.73 Å². The smallest absolute Gasteiger partial charge is 0.124 e. The van der Waals surface area contributed by atoms with Gasteiger partial charge in [0.15, 0.2) is 0 Å². The highest BCUT2D eigenvalue weighted by molar-refractivity contribution is 7.99. The molecule has 0 saturated carbocycles. The quantitative estimate of drug-likeness (QED) is 0.845. The van der Waals surface area contributed by atoms with E-state index < -0.39 is 0 Å². The van der Waals surface area contributed by atoms with E-state index in [1.807, 2.05) is 19.3 Å². The molecule has 0 fully saturated rings. The van der Waals surface area contributed by atoms with Crippen LogP contribution in [0.25, 0.3) is 0 Å². The summed E-state index contributed by atoms with van der Waals surface area (Å²) >= 11 is 1.43. The van der Waals surface area contributed by atoms with Crippen LogP contribution in [-0.2, 0) is 7.05 Å². The number of hydrogen-bond donors (Lipinski definition) is 1. The molecule has 0 atom stereocenters. The Kier molecular flexibility index (Phi) is 2.79. The van der Waals surface area contributed by atoms with Crippen molar-refractivity contribution >= 4 is 17.4 Å². The fourth-order valence-electron chi connectivity index (χ4n) is 1.18. The summed E-state index contributed by atoms with van der Waals surface area (Å²) in [6.45, 7) is 0. The molecule has 0 amide bonds. The third kappa shape index (κ3) is 2.15. The molecule has 0 aliphatic rings. The molecule has 5 nitrogen and oxygen atoms in total. The second kappa shape index (κ2) is 4.24. The highest BCUT2D eigenvalue weighted by atomic mass is 32.2. The first kappa shape index (κ1) is 10.5. The SMILES string of the molecule is Cn1cc(Sc2ncc(C#N)cc2N)cn1. The Labute approximate surface area is 96.9 Å². The van der Waals surface area contributed by atoms with Crippen LogP contribution in [0.5, 0.6) is 0 Å². The number of rotatable bonds is 2. The molecule has 2 rings (SSSR count). The van der Waals surface area contributed by atoms with Gasteiger partial charge in [0.2, 0.25) is 0 Å². The van der Waals surface area contributed by atoms with Gasteiger partial charge in [-0.05, 0) is 6.07 Å². The summed E-state index contributed by atoms with van der Waals surface area (Å²) in [5.74, 6) is 0. The minimum Gasteiger partial charge on any atom is -0.396 e. The first-order chi connectivity index (χ1) is 7.69. The van der Waals surface area contributed by atoms with Gasteiger partial charge >= 0.3 is 0 Å². The molecule has 0 spiro atoms. The van der Waals surface area contributed by atoms with Gasteiger partial charge in [-0.15, -0.1) is 0 Å². The van der Waals surface area contributed by atoms with Crippen LogP contribution in [0.2, 0.25) is 0 Å². The van der Waals surface area contributed by atoms with E-state index in [1.165, 1.54) is 18.0 Å². The van der Waals surface area contributed by atoms with Crippen LogP contribution in [0.1, 0.15) is 5.56 Å². The molecule has 80 valence electrons. The number of nitrogens with zero attached hydrogens (tertiary/aromatic N) is 4. The molecule has 2 N–H and O–H groups in total. The Hall–Kier alpha value is -2.00. The molecule has 2 heterocycles. The van der Waals surface area contributed by atoms with Crippen molar-refractivity contribution in [2.45, 2.75) is 9.92 Å². The number of aryl methyl sites for hydroxylation is 1. The molecule has 0 bridgehead atoms. The van der Waals surface area contributed by atoms with Crippen molar-refractivity contribution in [2.75, 3.05) is 5.73 Å². The topological polar surface area (TPSA) is 80.5 Å². The van der Waals surface area contributed by atoms with E-state index in [1.54, 1.807) is 16.9 Å². The largest absolute Gasteiger partial charge is 0.396 e. The minimum absolute atomic E-state index is 0.466. The Morgan fingerprint density at radius 3 is 2.88 bits per heavy atom. The molecule has 6 heteroatoms. The molecule has 0 aromatic carbocycles. The highest BCUT2D eigenvalue weighted by Gasteiger charge is 2.06. The third-order valence-corrected chi connectivity index (χ3v) is 2.88. The summed E-state index contributed by atoms with van der Waals surface area (Å²) in [5, 5.41) is 13.4. The normalized spacial score (nSPS) is 10.0. The summed E-state index contributed by atoms with van der Waals surface area (Å²) < 4.78 is 1.71. The van der Waals surface area contributed by atoms with E-state index in [0.717, 1.165) is 4.90 Å². The number of nitrogens with two attached hydrogens (primary N) is 1. The van der Waals surface area contributed by atoms with E-state index in [4.69, 9.17) is 11.0 Å². The van der Waals surface area contributed by atoms with Crippen LogP contribution in [-0.4, -0.2) is 14.8 Å². The maximum Gasteiger partial charge on any atom is 0.124 e. The average Bonchev–Trinajstić information content (AvgIpc) is 2.67. The van der Waals surface area contributed by atoms with Crippen molar-refractivity contribution in [1.82, 2.24) is 14.8 Å². The van der Waals surface area contributed by atoms with Crippen LogP contribution in [0.3, 0.4) is 0 Å². The molecule has 0 aliphatic heterocycles. The molecule has 0 aliphatic carbocycles. The van der Waals surface area contributed by atoms with Crippen LogP contribution in [0.15, 0.2) is 34.6 Å². The van der Waals surface area contributed by atoms with E-state index in [-0.39, 0.29) is 0 Å². The average molecular weight is 231 g/mol. The molecular weight excluding hydrogens is 222 g/mol. The number of nitriles is 1. The molecule has 2 aromatic rings. The van der Waals surface area contributed by atoms with Gasteiger partial charge in [0, 0.05) is 19.4 Å². The lowest BCUT2D eigenvalue weighted by molar-refractivity contribution is 0.766. The zero-order valence-corrected chi connectivity index (χ0v) is 9.40. The molecule has 2 aromatic heterocycles. The first-order valence-corrected chi connectivity index (χ1v) is 5.33. The summed E-state index contributed by atoms with van der Waals surface area (Å²) in [6, 6.07) is 3.61. The second-order valence-corrected chi connectivity index (χ2v) is 4.24. The molecule has 0 radical (unpaired) electrons. The number of aromatic nitrogens is 3. The molecular formula is C10H9N5S. The predicted molar refractivity (Wildman–Crippen MR) is 60.7 cm³/mol. The maximum absolute atomic E-state index is 8.68. The van der Waals surface area contributed by atoms with Crippen LogP contribution in [0.4, 0.5) is 5.69 Å². The van der Waals surface area contributed by atoms with Crippen molar-refractivity contribution < 1.29 is 0 Å². The number of nitrogen functional groups attached to an aromatic ring is 1. The number of pyridine rings is 1. The van der Waals surface area contributed by atoms with E-state index in [9.17, 15) is 0 Å². The van der Waals surface area contributed by atoms with Crippen LogP contribution >= 0.6 is 11.8 Å². The predicted octanol–water partition coefficient (Wildman–Crippen LogP) is 1.42. The minimum atomic E-state index is 0.466. The highest BCUT2D eigenvalue weighted by Crippen LogP contribution is 2.29. The fraction of sp³-hybridized carbons (Fsp3) is 0.100. The van der Waals surface area contributed by atoms with Gasteiger partial charge in [-0.2, -0.15) is 10.4 Å². The lowest BCUT2D eigenvalue weighted by atomic mass is 10.3. The standard InChI is InChI=1S/C10H9N5S/c1-15-6-8(5-14-15)16-10-9(12)2-7(3-11)4-13-10/h2,4-6H,12H2,1H3. The van der Waals surface area contributed by atoms with E-state index in [0.29, 0.717) is 16.3 Å². The monoisotopic (exact) mass is 231 g/mol. The summed E-state index contributed by atoms with van der Waals surface area (Å²) in [5.41, 5.74) is 6.76. The van der Waals surface area contributed by atoms with Crippen molar-refractivity contribution in [3.63, 3.8) is 0 Å². The Morgan fingerprint density at radius 1 is 1.50 bits per heavy atom. The van der Waals surface area contributed by atoms with Gasteiger partial charge in [-0.25, -0.2) is 4.98 Å². The van der Waals surface area contributed by atoms with E-state index in [2.05, 4.69) is 10.1 Å². The Balaban J connectivity index is 2.26. The zero-order valence-electron chi connectivity index (χ0n) is 8.58. The van der Waals surface area contributed by atoms with Gasteiger partial charge in [-0.1, -0.05) is 11.8 Å².